The van der Waals surface area contributed by atoms with Crippen LogP contribution in [0.15, 0.2) is 46.6 Å². The molecule has 94 valence electrons. The van der Waals surface area contributed by atoms with Crippen molar-refractivity contribution in [3.8, 4) is 11.3 Å². The molecule has 1 aromatic carbocycles. The summed E-state index contributed by atoms with van der Waals surface area (Å²) in [5, 5.41) is 11.0. The average molecular weight is 272 g/mol. The number of carboxylic acids is 1. The first kappa shape index (κ1) is 11.6. The first-order valence-electron chi connectivity index (χ1n) is 5.47. The molecule has 1 N–H and O–H groups in total. The number of thiazole rings is 1. The van der Waals surface area contributed by atoms with Crippen molar-refractivity contribution in [3.63, 3.8) is 0 Å². The molecule has 0 radical (unpaired) electrons. The molecule has 0 amide bonds. The Morgan fingerprint density at radius 1 is 1.26 bits per heavy atom. The Morgan fingerprint density at radius 3 is 2.68 bits per heavy atom. The lowest BCUT2D eigenvalue weighted by atomic mass is 10.2. The van der Waals surface area contributed by atoms with Crippen LogP contribution in [-0.2, 0) is 0 Å². The number of rotatable bonds is 2. The van der Waals surface area contributed by atoms with Gasteiger partial charge in [0, 0.05) is 11.4 Å². The summed E-state index contributed by atoms with van der Waals surface area (Å²) in [6.45, 7) is 0. The highest BCUT2D eigenvalue weighted by molar-refractivity contribution is 7.15. The number of nitrogens with zero attached hydrogens (tertiary/aromatic N) is 2. The largest absolute Gasteiger partial charge is 0.477 e. The quantitative estimate of drug-likeness (QED) is 0.775. The molecule has 0 saturated carbocycles. The Balaban J connectivity index is 2.40. The molecule has 19 heavy (non-hydrogen) atoms. The fraction of sp³-hybridized carbons (Fsp3) is 0. The van der Waals surface area contributed by atoms with Gasteiger partial charge in [-0.1, -0.05) is 30.3 Å². The van der Waals surface area contributed by atoms with E-state index in [9.17, 15) is 14.7 Å². The molecule has 2 heterocycles. The van der Waals surface area contributed by atoms with Crippen molar-refractivity contribution in [1.82, 2.24) is 9.38 Å². The van der Waals surface area contributed by atoms with Crippen LogP contribution in [0.4, 0.5) is 0 Å². The van der Waals surface area contributed by atoms with Crippen LogP contribution in [0, 0.1) is 0 Å². The number of carboxylic acid groups (broad SMARTS) is 1. The van der Waals surface area contributed by atoms with Gasteiger partial charge in [0.1, 0.15) is 5.69 Å². The molecular formula is C13H8N2O3S. The summed E-state index contributed by atoms with van der Waals surface area (Å²) in [6, 6.07) is 10.4. The van der Waals surface area contributed by atoms with Crippen molar-refractivity contribution in [3.05, 3.63) is 57.8 Å². The second kappa shape index (κ2) is 4.33. The van der Waals surface area contributed by atoms with Crippen LogP contribution < -0.4 is 5.56 Å². The zero-order valence-electron chi connectivity index (χ0n) is 9.61. The van der Waals surface area contributed by atoms with E-state index in [-0.39, 0.29) is 5.69 Å². The maximum atomic E-state index is 11.4. The zero-order valence-corrected chi connectivity index (χ0v) is 10.4. The maximum absolute atomic E-state index is 11.4. The topological polar surface area (TPSA) is 71.7 Å². The normalized spacial score (nSPS) is 10.7. The summed E-state index contributed by atoms with van der Waals surface area (Å²) in [6.07, 6.45) is 0. The van der Waals surface area contributed by atoms with E-state index in [1.165, 1.54) is 15.7 Å². The molecule has 0 spiro atoms. The molecule has 0 aliphatic rings. The summed E-state index contributed by atoms with van der Waals surface area (Å²) in [4.78, 5) is 26.8. The van der Waals surface area contributed by atoms with E-state index in [0.29, 0.717) is 10.7 Å². The van der Waals surface area contributed by atoms with Crippen molar-refractivity contribution < 1.29 is 9.90 Å². The maximum Gasteiger partial charge on any atom is 0.353 e. The van der Waals surface area contributed by atoms with Gasteiger partial charge in [-0.2, -0.15) is 4.98 Å². The standard InChI is InChI=1S/C13H8N2O3S/c16-11-6-9(12(17)18)15-10(7-19-13(15)14-11)8-4-2-1-3-5-8/h1-7H,(H,17,18). The van der Waals surface area contributed by atoms with Crippen LogP contribution in [0.2, 0.25) is 0 Å². The molecule has 5 nitrogen and oxygen atoms in total. The molecule has 0 aliphatic carbocycles. The third-order valence-corrected chi connectivity index (χ3v) is 3.53. The molecule has 6 heteroatoms. The van der Waals surface area contributed by atoms with Gasteiger partial charge in [-0.05, 0) is 5.56 Å². The van der Waals surface area contributed by atoms with Crippen molar-refractivity contribution >= 4 is 22.3 Å². The second-order valence-electron chi connectivity index (χ2n) is 3.89. The minimum atomic E-state index is -1.15. The van der Waals surface area contributed by atoms with E-state index in [1.807, 2.05) is 30.3 Å². The molecule has 2 aromatic heterocycles. The van der Waals surface area contributed by atoms with Gasteiger partial charge in [0.25, 0.3) is 5.56 Å². The Kier molecular flexibility index (Phi) is 2.64. The van der Waals surface area contributed by atoms with Crippen LogP contribution in [0.3, 0.4) is 0 Å². The average Bonchev–Trinajstić information content (AvgIpc) is 2.82. The van der Waals surface area contributed by atoms with Crippen LogP contribution in [0.5, 0.6) is 0 Å². The van der Waals surface area contributed by atoms with Gasteiger partial charge in [0.2, 0.25) is 0 Å². The van der Waals surface area contributed by atoms with Gasteiger partial charge in [0.05, 0.1) is 5.69 Å². The van der Waals surface area contributed by atoms with Gasteiger partial charge >= 0.3 is 5.97 Å². The number of benzene rings is 1. The van der Waals surface area contributed by atoms with Crippen LogP contribution in [-0.4, -0.2) is 20.5 Å². The zero-order chi connectivity index (χ0) is 13.4. The number of hydrogen-bond donors (Lipinski definition) is 1. The van der Waals surface area contributed by atoms with Crippen molar-refractivity contribution in [2.24, 2.45) is 0 Å². The lowest BCUT2D eigenvalue weighted by Gasteiger charge is -2.04. The Hall–Kier alpha value is -2.47. The predicted octanol–water partition coefficient (Wildman–Crippen LogP) is 2.12. The van der Waals surface area contributed by atoms with Crippen LogP contribution in [0.1, 0.15) is 10.5 Å². The Labute approximate surface area is 111 Å². The molecule has 0 unspecified atom stereocenters. The lowest BCUT2D eigenvalue weighted by molar-refractivity contribution is 0.0688. The number of hydrogen-bond acceptors (Lipinski definition) is 4. The minimum absolute atomic E-state index is 0.0740. The molecule has 3 aromatic rings. The van der Waals surface area contributed by atoms with Gasteiger partial charge in [0.15, 0.2) is 4.96 Å². The third-order valence-electron chi connectivity index (χ3n) is 2.70. The molecular weight excluding hydrogens is 264 g/mol. The summed E-state index contributed by atoms with van der Waals surface area (Å²) in [7, 11) is 0. The summed E-state index contributed by atoms with van der Waals surface area (Å²) < 4.78 is 1.49. The Bertz CT molecular complexity index is 821. The number of carbonyl (C=O) groups is 1. The fourth-order valence-electron chi connectivity index (χ4n) is 1.90. The van der Waals surface area contributed by atoms with Gasteiger partial charge in [-0.25, -0.2) is 4.79 Å². The molecule has 0 saturated heterocycles. The molecule has 0 bridgehead atoms. The highest BCUT2D eigenvalue weighted by Crippen LogP contribution is 2.25. The van der Waals surface area contributed by atoms with Crippen molar-refractivity contribution in [2.75, 3.05) is 0 Å². The predicted molar refractivity (Wildman–Crippen MR) is 71.7 cm³/mol. The monoisotopic (exact) mass is 272 g/mol. The van der Waals surface area contributed by atoms with Gasteiger partial charge in [-0.15, -0.1) is 11.3 Å². The number of aromatic nitrogens is 2. The molecule has 0 fully saturated rings. The molecule has 3 rings (SSSR count). The van der Waals surface area contributed by atoms with E-state index in [2.05, 4.69) is 4.98 Å². The second-order valence-corrected chi connectivity index (χ2v) is 4.73. The summed E-state index contributed by atoms with van der Waals surface area (Å²) in [5.74, 6) is -1.15. The van der Waals surface area contributed by atoms with Crippen molar-refractivity contribution in [2.45, 2.75) is 0 Å². The van der Waals surface area contributed by atoms with E-state index in [0.717, 1.165) is 11.6 Å². The fourth-order valence-corrected chi connectivity index (χ4v) is 2.80. The highest BCUT2D eigenvalue weighted by atomic mass is 32.1. The third kappa shape index (κ3) is 1.92. The first-order chi connectivity index (χ1) is 9.16. The van der Waals surface area contributed by atoms with E-state index in [4.69, 9.17) is 0 Å². The Morgan fingerprint density at radius 2 is 2.00 bits per heavy atom. The smallest absolute Gasteiger partial charge is 0.353 e. The van der Waals surface area contributed by atoms with Gasteiger partial charge in [-0.3, -0.25) is 9.20 Å². The van der Waals surface area contributed by atoms with E-state index in [1.54, 1.807) is 5.38 Å². The van der Waals surface area contributed by atoms with Gasteiger partial charge < -0.3 is 5.11 Å². The van der Waals surface area contributed by atoms with E-state index >= 15 is 0 Å². The summed E-state index contributed by atoms with van der Waals surface area (Å²) >= 11 is 1.24. The minimum Gasteiger partial charge on any atom is -0.477 e. The van der Waals surface area contributed by atoms with Crippen LogP contribution >= 0.6 is 11.3 Å². The number of fused-ring (bicyclic) bond motifs is 1. The summed E-state index contributed by atoms with van der Waals surface area (Å²) in [5.41, 5.74) is 0.973. The first-order valence-corrected chi connectivity index (χ1v) is 6.35. The molecule has 0 aliphatic heterocycles. The number of aromatic carboxylic acids is 1. The van der Waals surface area contributed by atoms with Crippen molar-refractivity contribution in [1.29, 1.82) is 0 Å². The molecule has 0 atom stereocenters. The SMILES string of the molecule is O=C(O)c1cc(=O)nc2scc(-c3ccccc3)n12. The lowest BCUT2D eigenvalue weighted by Crippen LogP contribution is -2.15. The van der Waals surface area contributed by atoms with Crippen LogP contribution in [0.25, 0.3) is 16.2 Å². The van der Waals surface area contributed by atoms with E-state index < -0.39 is 11.5 Å². The highest BCUT2D eigenvalue weighted by Gasteiger charge is 2.15.